The van der Waals surface area contributed by atoms with Crippen molar-refractivity contribution < 1.29 is 4.74 Å². The molecule has 21 heavy (non-hydrogen) atoms. The van der Waals surface area contributed by atoms with E-state index in [0.717, 1.165) is 30.5 Å². The van der Waals surface area contributed by atoms with Crippen molar-refractivity contribution in [3.63, 3.8) is 0 Å². The predicted octanol–water partition coefficient (Wildman–Crippen LogP) is 2.51. The number of hydrogen-bond acceptors (Lipinski definition) is 4. The summed E-state index contributed by atoms with van der Waals surface area (Å²) >= 11 is 5.90. The van der Waals surface area contributed by atoms with Crippen LogP contribution in [0.3, 0.4) is 0 Å². The fourth-order valence-electron chi connectivity index (χ4n) is 2.07. The maximum absolute atomic E-state index is 5.90. The summed E-state index contributed by atoms with van der Waals surface area (Å²) in [7, 11) is 0. The molecule has 2 aromatic rings. The number of ether oxygens (including phenoxy) is 1. The van der Waals surface area contributed by atoms with Crippen LogP contribution in [0.1, 0.15) is 18.5 Å². The van der Waals surface area contributed by atoms with Crippen molar-refractivity contribution in [1.82, 2.24) is 20.3 Å². The molecule has 1 aromatic heterocycles. The Labute approximate surface area is 129 Å². The number of aromatic nitrogens is 3. The summed E-state index contributed by atoms with van der Waals surface area (Å²) in [6.45, 7) is 3.08. The average Bonchev–Trinajstić information content (AvgIpc) is 3.18. The van der Waals surface area contributed by atoms with Crippen LogP contribution in [0.15, 0.2) is 30.5 Å². The van der Waals surface area contributed by atoms with E-state index in [9.17, 15) is 0 Å². The number of halogens is 1. The molecule has 3 rings (SSSR count). The highest BCUT2D eigenvalue weighted by Crippen LogP contribution is 2.27. The van der Waals surface area contributed by atoms with Gasteiger partial charge in [0.2, 0.25) is 0 Å². The normalized spacial score (nSPS) is 14.3. The molecule has 1 fully saturated rings. The van der Waals surface area contributed by atoms with Crippen LogP contribution in [0.4, 0.5) is 0 Å². The van der Waals surface area contributed by atoms with E-state index in [4.69, 9.17) is 16.3 Å². The number of benzene rings is 1. The summed E-state index contributed by atoms with van der Waals surface area (Å²) in [5.41, 5.74) is 0.971. The van der Waals surface area contributed by atoms with Gasteiger partial charge in [-0.2, -0.15) is 0 Å². The molecule has 0 unspecified atom stereocenters. The topological polar surface area (TPSA) is 52.0 Å². The van der Waals surface area contributed by atoms with Gasteiger partial charge in [0, 0.05) is 17.8 Å². The lowest BCUT2D eigenvalue weighted by Gasteiger charge is -2.05. The number of nitrogens with zero attached hydrogens (tertiary/aromatic N) is 3. The van der Waals surface area contributed by atoms with Crippen molar-refractivity contribution in [3.8, 4) is 5.75 Å². The molecule has 0 bridgehead atoms. The monoisotopic (exact) mass is 306 g/mol. The van der Waals surface area contributed by atoms with Gasteiger partial charge in [-0.05, 0) is 43.5 Å². The first-order valence-electron chi connectivity index (χ1n) is 7.28. The highest BCUT2D eigenvalue weighted by Gasteiger charge is 2.20. The van der Waals surface area contributed by atoms with E-state index < -0.39 is 0 Å². The highest BCUT2D eigenvalue weighted by molar-refractivity contribution is 6.30. The first kappa shape index (κ1) is 14.4. The molecule has 0 radical (unpaired) electrons. The highest BCUT2D eigenvalue weighted by atomic mass is 35.5. The standard InChI is InChI=1S/C15H19ClN4O/c16-13-2-1-3-15(8-13)21-7-6-20-11-14(18-19-20)10-17-9-12-4-5-12/h1-3,8,11-12,17H,4-7,9-10H2. The molecule has 1 heterocycles. The lowest BCUT2D eigenvalue weighted by atomic mass is 10.3. The lowest BCUT2D eigenvalue weighted by molar-refractivity contribution is 0.289. The zero-order valence-corrected chi connectivity index (χ0v) is 12.6. The number of hydrogen-bond donors (Lipinski definition) is 1. The lowest BCUT2D eigenvalue weighted by Crippen LogP contribution is -2.16. The van der Waals surface area contributed by atoms with Crippen LogP contribution in [0.25, 0.3) is 0 Å². The second-order valence-electron chi connectivity index (χ2n) is 5.35. The summed E-state index contributed by atoms with van der Waals surface area (Å²) in [6.07, 6.45) is 4.68. The molecule has 6 heteroatoms. The molecule has 1 aliphatic carbocycles. The first-order valence-corrected chi connectivity index (χ1v) is 7.65. The Morgan fingerprint density at radius 2 is 2.29 bits per heavy atom. The van der Waals surface area contributed by atoms with Crippen LogP contribution in [0.2, 0.25) is 5.02 Å². The van der Waals surface area contributed by atoms with Crippen LogP contribution in [0.5, 0.6) is 5.75 Å². The summed E-state index contributed by atoms with van der Waals surface area (Å²) < 4.78 is 7.44. The fraction of sp³-hybridized carbons (Fsp3) is 0.467. The zero-order valence-electron chi connectivity index (χ0n) is 11.8. The minimum atomic E-state index is 0.540. The van der Waals surface area contributed by atoms with Crippen LogP contribution in [0, 0.1) is 5.92 Å². The summed E-state index contributed by atoms with van der Waals surface area (Å²) in [5.74, 6) is 1.65. The number of nitrogens with one attached hydrogen (secondary N) is 1. The van der Waals surface area contributed by atoms with Gasteiger partial charge in [0.15, 0.2) is 0 Å². The van der Waals surface area contributed by atoms with Crippen molar-refractivity contribution in [1.29, 1.82) is 0 Å². The second kappa shape index (κ2) is 6.91. The summed E-state index contributed by atoms with van der Waals surface area (Å²) in [5, 5.41) is 12.3. The van der Waals surface area contributed by atoms with Crippen LogP contribution in [-0.2, 0) is 13.1 Å². The predicted molar refractivity (Wildman–Crippen MR) is 81.4 cm³/mol. The molecule has 5 nitrogen and oxygen atoms in total. The van der Waals surface area contributed by atoms with E-state index in [1.807, 2.05) is 24.4 Å². The Kier molecular flexibility index (Phi) is 4.72. The number of rotatable bonds is 8. The molecule has 0 spiro atoms. The fourth-order valence-corrected chi connectivity index (χ4v) is 2.25. The Morgan fingerprint density at radius 1 is 1.38 bits per heavy atom. The molecule has 0 aliphatic heterocycles. The summed E-state index contributed by atoms with van der Waals surface area (Å²) in [6, 6.07) is 7.39. The van der Waals surface area contributed by atoms with Gasteiger partial charge in [-0.1, -0.05) is 22.9 Å². The largest absolute Gasteiger partial charge is 0.492 e. The third-order valence-corrected chi connectivity index (χ3v) is 3.64. The SMILES string of the molecule is Clc1cccc(OCCn2cc(CNCC3CC3)nn2)c1. The Hall–Kier alpha value is -1.59. The Morgan fingerprint density at radius 3 is 3.10 bits per heavy atom. The smallest absolute Gasteiger partial charge is 0.120 e. The van der Waals surface area contributed by atoms with Crippen molar-refractivity contribution in [3.05, 3.63) is 41.2 Å². The molecule has 1 saturated carbocycles. The molecule has 112 valence electrons. The van der Waals surface area contributed by atoms with Gasteiger partial charge >= 0.3 is 0 Å². The van der Waals surface area contributed by atoms with Crippen LogP contribution >= 0.6 is 11.6 Å². The van der Waals surface area contributed by atoms with Gasteiger partial charge < -0.3 is 10.1 Å². The minimum absolute atomic E-state index is 0.540. The molecule has 1 aromatic carbocycles. The van der Waals surface area contributed by atoms with E-state index in [2.05, 4.69) is 15.6 Å². The van der Waals surface area contributed by atoms with E-state index in [0.29, 0.717) is 18.2 Å². The molecule has 0 saturated heterocycles. The first-order chi connectivity index (χ1) is 10.3. The van der Waals surface area contributed by atoms with Crippen molar-refractivity contribution in [2.45, 2.75) is 25.9 Å². The Balaban J connectivity index is 1.39. The minimum Gasteiger partial charge on any atom is -0.492 e. The molecular weight excluding hydrogens is 288 g/mol. The molecule has 0 atom stereocenters. The Bertz CT molecular complexity index is 583. The van der Waals surface area contributed by atoms with Gasteiger partial charge in [-0.25, -0.2) is 4.68 Å². The zero-order chi connectivity index (χ0) is 14.5. The van der Waals surface area contributed by atoms with Crippen molar-refractivity contribution in [2.24, 2.45) is 5.92 Å². The average molecular weight is 307 g/mol. The van der Waals surface area contributed by atoms with Crippen LogP contribution in [-0.4, -0.2) is 28.1 Å². The third-order valence-electron chi connectivity index (χ3n) is 3.41. The molecule has 1 aliphatic rings. The van der Waals surface area contributed by atoms with Gasteiger partial charge in [0.05, 0.1) is 12.2 Å². The maximum atomic E-state index is 5.90. The van der Waals surface area contributed by atoms with Crippen molar-refractivity contribution in [2.75, 3.05) is 13.2 Å². The summed E-state index contributed by atoms with van der Waals surface area (Å²) in [4.78, 5) is 0. The van der Waals surface area contributed by atoms with Gasteiger partial charge in [-0.15, -0.1) is 5.10 Å². The van der Waals surface area contributed by atoms with Gasteiger partial charge in [-0.3, -0.25) is 0 Å². The quantitative estimate of drug-likeness (QED) is 0.814. The van der Waals surface area contributed by atoms with Crippen molar-refractivity contribution >= 4 is 11.6 Å². The maximum Gasteiger partial charge on any atom is 0.120 e. The molecular formula is C15H19ClN4O. The molecule has 1 N–H and O–H groups in total. The molecule has 0 amide bonds. The second-order valence-corrected chi connectivity index (χ2v) is 5.79. The van der Waals surface area contributed by atoms with E-state index in [1.54, 1.807) is 10.7 Å². The van der Waals surface area contributed by atoms with E-state index in [1.165, 1.54) is 12.8 Å². The van der Waals surface area contributed by atoms with Gasteiger partial charge in [0.25, 0.3) is 0 Å². The van der Waals surface area contributed by atoms with E-state index >= 15 is 0 Å². The van der Waals surface area contributed by atoms with Gasteiger partial charge in [0.1, 0.15) is 12.4 Å². The van der Waals surface area contributed by atoms with E-state index in [-0.39, 0.29) is 0 Å². The third kappa shape index (κ3) is 4.72. The van der Waals surface area contributed by atoms with Crippen LogP contribution < -0.4 is 10.1 Å².